The molecule has 0 saturated heterocycles. The molecule has 0 unspecified atom stereocenters. The van der Waals surface area contributed by atoms with Gasteiger partial charge in [-0.25, -0.2) is 9.97 Å². The Kier molecular flexibility index (Phi) is 4.26. The van der Waals surface area contributed by atoms with E-state index in [1.807, 2.05) is 0 Å². The van der Waals surface area contributed by atoms with Gasteiger partial charge in [-0.3, -0.25) is 0 Å². The van der Waals surface area contributed by atoms with Crippen molar-refractivity contribution in [2.45, 2.75) is 13.0 Å². The summed E-state index contributed by atoms with van der Waals surface area (Å²) in [6.07, 6.45) is 5.85. The fraction of sp³-hybridized carbons (Fsp3) is 0.500. The highest BCUT2D eigenvalue weighted by Gasteiger charge is 1.90. The van der Waals surface area contributed by atoms with Gasteiger partial charge in [0.25, 0.3) is 0 Å². The predicted octanol–water partition coefficient (Wildman–Crippen LogP) is -0.0514. The molecule has 0 atom stereocenters. The molecule has 0 bridgehead atoms. The molecule has 4 heteroatoms. The first-order chi connectivity index (χ1) is 5.93. The Hall–Kier alpha value is -1.00. The van der Waals surface area contributed by atoms with Crippen molar-refractivity contribution in [3.63, 3.8) is 0 Å². The zero-order valence-corrected chi connectivity index (χ0v) is 6.90. The van der Waals surface area contributed by atoms with Gasteiger partial charge < -0.3 is 10.4 Å². The van der Waals surface area contributed by atoms with Crippen LogP contribution in [0.25, 0.3) is 0 Å². The molecular weight excluding hydrogens is 154 g/mol. The Bertz CT molecular complexity index is 203. The van der Waals surface area contributed by atoms with Crippen molar-refractivity contribution in [3.05, 3.63) is 24.3 Å². The van der Waals surface area contributed by atoms with Crippen molar-refractivity contribution in [2.24, 2.45) is 0 Å². The van der Waals surface area contributed by atoms with Crippen LogP contribution >= 0.6 is 0 Å². The molecular formula is C8H13N3O. The monoisotopic (exact) mass is 167 g/mol. The number of nitrogens with one attached hydrogen (secondary N) is 1. The van der Waals surface area contributed by atoms with E-state index in [9.17, 15) is 0 Å². The van der Waals surface area contributed by atoms with Crippen LogP contribution in [0.1, 0.15) is 12.0 Å². The van der Waals surface area contributed by atoms with Gasteiger partial charge in [-0.1, -0.05) is 0 Å². The quantitative estimate of drug-likeness (QED) is 0.604. The topological polar surface area (TPSA) is 58.0 Å². The van der Waals surface area contributed by atoms with Crippen molar-refractivity contribution >= 4 is 0 Å². The van der Waals surface area contributed by atoms with Crippen LogP contribution in [0.2, 0.25) is 0 Å². The van der Waals surface area contributed by atoms with Crippen molar-refractivity contribution in [1.82, 2.24) is 15.3 Å². The van der Waals surface area contributed by atoms with Gasteiger partial charge in [0.05, 0.1) is 0 Å². The van der Waals surface area contributed by atoms with E-state index >= 15 is 0 Å². The average Bonchev–Trinajstić information content (AvgIpc) is 2.14. The summed E-state index contributed by atoms with van der Waals surface area (Å²) in [6.45, 7) is 1.82. The molecule has 1 rings (SSSR count). The summed E-state index contributed by atoms with van der Waals surface area (Å²) in [5, 5.41) is 11.7. The standard InChI is InChI=1S/C8H13N3O/c12-3-1-2-9-4-8-5-10-7-11-6-8/h5-7,9,12H,1-4H2. The molecule has 0 spiro atoms. The zero-order valence-electron chi connectivity index (χ0n) is 6.90. The van der Waals surface area contributed by atoms with E-state index in [0.717, 1.165) is 25.1 Å². The maximum absolute atomic E-state index is 8.50. The first-order valence-electron chi connectivity index (χ1n) is 3.99. The molecule has 1 aromatic rings. The molecule has 1 aromatic heterocycles. The molecule has 2 N–H and O–H groups in total. The van der Waals surface area contributed by atoms with Crippen LogP contribution < -0.4 is 5.32 Å². The van der Waals surface area contributed by atoms with E-state index in [4.69, 9.17) is 5.11 Å². The fourth-order valence-corrected chi connectivity index (χ4v) is 0.858. The second kappa shape index (κ2) is 5.62. The second-order valence-corrected chi connectivity index (χ2v) is 2.50. The summed E-state index contributed by atoms with van der Waals surface area (Å²) in [6, 6.07) is 0. The first-order valence-corrected chi connectivity index (χ1v) is 3.99. The summed E-state index contributed by atoms with van der Waals surface area (Å²) in [4.78, 5) is 7.77. The van der Waals surface area contributed by atoms with E-state index in [1.165, 1.54) is 6.33 Å². The van der Waals surface area contributed by atoms with Gasteiger partial charge in [0, 0.05) is 31.1 Å². The lowest BCUT2D eigenvalue weighted by molar-refractivity contribution is 0.286. The van der Waals surface area contributed by atoms with Crippen LogP contribution in [-0.4, -0.2) is 28.2 Å². The van der Waals surface area contributed by atoms with E-state index in [0.29, 0.717) is 0 Å². The smallest absolute Gasteiger partial charge is 0.115 e. The fourth-order valence-electron chi connectivity index (χ4n) is 0.858. The van der Waals surface area contributed by atoms with Crippen LogP contribution in [0.3, 0.4) is 0 Å². The van der Waals surface area contributed by atoms with Crippen molar-refractivity contribution in [2.75, 3.05) is 13.2 Å². The largest absolute Gasteiger partial charge is 0.396 e. The Morgan fingerprint density at radius 1 is 1.33 bits per heavy atom. The Labute approximate surface area is 71.7 Å². The van der Waals surface area contributed by atoms with E-state index < -0.39 is 0 Å². The van der Waals surface area contributed by atoms with Gasteiger partial charge in [0.2, 0.25) is 0 Å². The molecule has 0 aliphatic heterocycles. The van der Waals surface area contributed by atoms with Crippen molar-refractivity contribution in [1.29, 1.82) is 0 Å². The van der Waals surface area contributed by atoms with E-state index in [1.54, 1.807) is 12.4 Å². The Morgan fingerprint density at radius 2 is 2.08 bits per heavy atom. The third-order valence-electron chi connectivity index (χ3n) is 1.45. The second-order valence-electron chi connectivity index (χ2n) is 2.50. The van der Waals surface area contributed by atoms with Crippen LogP contribution in [0, 0.1) is 0 Å². The normalized spacial score (nSPS) is 10.1. The molecule has 0 aliphatic rings. The lowest BCUT2D eigenvalue weighted by Gasteiger charge is -2.01. The summed E-state index contributed by atoms with van der Waals surface area (Å²) in [5.41, 5.74) is 1.07. The number of hydrogen-bond donors (Lipinski definition) is 2. The number of aromatic nitrogens is 2. The highest BCUT2D eigenvalue weighted by Crippen LogP contribution is 1.90. The molecule has 0 aliphatic carbocycles. The van der Waals surface area contributed by atoms with Crippen LogP contribution in [0.5, 0.6) is 0 Å². The van der Waals surface area contributed by atoms with Gasteiger partial charge in [-0.15, -0.1) is 0 Å². The highest BCUT2D eigenvalue weighted by molar-refractivity contribution is 5.01. The highest BCUT2D eigenvalue weighted by atomic mass is 16.3. The summed E-state index contributed by atoms with van der Waals surface area (Å²) < 4.78 is 0. The third-order valence-corrected chi connectivity index (χ3v) is 1.45. The van der Waals surface area contributed by atoms with Gasteiger partial charge >= 0.3 is 0 Å². The zero-order chi connectivity index (χ0) is 8.65. The van der Waals surface area contributed by atoms with Crippen LogP contribution in [0.4, 0.5) is 0 Å². The number of nitrogens with zero attached hydrogens (tertiary/aromatic N) is 2. The van der Waals surface area contributed by atoms with E-state index in [-0.39, 0.29) is 6.61 Å². The van der Waals surface area contributed by atoms with Gasteiger partial charge in [0.15, 0.2) is 0 Å². The minimum atomic E-state index is 0.234. The molecule has 0 radical (unpaired) electrons. The lowest BCUT2D eigenvalue weighted by Crippen LogP contribution is -2.15. The number of aliphatic hydroxyl groups excluding tert-OH is 1. The van der Waals surface area contributed by atoms with Crippen molar-refractivity contribution in [3.8, 4) is 0 Å². The summed E-state index contributed by atoms with van der Waals surface area (Å²) >= 11 is 0. The Balaban J connectivity index is 2.16. The average molecular weight is 167 g/mol. The number of hydrogen-bond acceptors (Lipinski definition) is 4. The molecule has 4 nitrogen and oxygen atoms in total. The van der Waals surface area contributed by atoms with Crippen LogP contribution in [0.15, 0.2) is 18.7 Å². The van der Waals surface area contributed by atoms with Crippen molar-refractivity contribution < 1.29 is 5.11 Å². The van der Waals surface area contributed by atoms with Gasteiger partial charge in [0.1, 0.15) is 6.33 Å². The molecule has 1 heterocycles. The maximum atomic E-state index is 8.50. The maximum Gasteiger partial charge on any atom is 0.115 e. The van der Waals surface area contributed by atoms with Crippen LogP contribution in [-0.2, 0) is 6.54 Å². The third kappa shape index (κ3) is 3.41. The first kappa shape index (κ1) is 9.09. The summed E-state index contributed by atoms with van der Waals surface area (Å²) in [7, 11) is 0. The molecule has 66 valence electrons. The molecule has 0 fully saturated rings. The minimum Gasteiger partial charge on any atom is -0.396 e. The SMILES string of the molecule is OCCCNCc1cncnc1. The molecule has 0 aromatic carbocycles. The predicted molar refractivity (Wildman–Crippen MR) is 45.4 cm³/mol. The minimum absolute atomic E-state index is 0.234. The molecule has 0 saturated carbocycles. The summed E-state index contributed by atoms with van der Waals surface area (Å²) in [5.74, 6) is 0. The molecule has 0 amide bonds. The lowest BCUT2D eigenvalue weighted by atomic mass is 10.3. The Morgan fingerprint density at radius 3 is 2.75 bits per heavy atom. The molecule has 12 heavy (non-hydrogen) atoms. The van der Waals surface area contributed by atoms with Gasteiger partial charge in [-0.2, -0.15) is 0 Å². The van der Waals surface area contributed by atoms with Gasteiger partial charge in [-0.05, 0) is 13.0 Å². The number of aliphatic hydroxyl groups is 1. The number of rotatable bonds is 5. The van der Waals surface area contributed by atoms with E-state index in [2.05, 4.69) is 15.3 Å².